The minimum atomic E-state index is -5.11. The number of aryl methyl sites for hydroxylation is 3. The molecule has 0 radical (unpaired) electrons. The number of aliphatic hydroxyl groups is 2. The summed E-state index contributed by atoms with van der Waals surface area (Å²) in [6.45, 7) is 2.72. The number of ether oxygens (including phenoxy) is 2. The summed E-state index contributed by atoms with van der Waals surface area (Å²) in [6.07, 6.45) is -9.59. The molecule has 1 aromatic carbocycles. The lowest BCUT2D eigenvalue weighted by molar-refractivity contribution is -0.363. The number of rotatable bonds is 9. The van der Waals surface area contributed by atoms with Crippen LogP contribution in [0.1, 0.15) is 55.8 Å². The third-order valence-electron chi connectivity index (χ3n) is 9.18. The molecule has 0 amide bonds. The van der Waals surface area contributed by atoms with Crippen molar-refractivity contribution in [3.63, 3.8) is 0 Å². The van der Waals surface area contributed by atoms with Crippen LogP contribution in [0.4, 0.5) is 31.9 Å². The first-order chi connectivity index (χ1) is 23.6. The van der Waals surface area contributed by atoms with Crippen molar-refractivity contribution in [2.24, 2.45) is 4.99 Å². The van der Waals surface area contributed by atoms with E-state index in [0.29, 0.717) is 54.2 Å². The second-order valence-corrected chi connectivity index (χ2v) is 12.9. The van der Waals surface area contributed by atoms with E-state index in [2.05, 4.69) is 15.3 Å². The number of fused-ring (bicyclic) bond motifs is 2. The molecule has 10 nitrogen and oxygen atoms in total. The molecule has 1 fully saturated rings. The highest BCUT2D eigenvalue weighted by molar-refractivity contribution is 6.58. The molecular weight excluding hydrogens is 669 g/mol. The largest absolute Gasteiger partial charge is 0.737 e. The highest BCUT2D eigenvalue weighted by Crippen LogP contribution is 2.43. The van der Waals surface area contributed by atoms with E-state index in [0.717, 1.165) is 25.7 Å². The summed E-state index contributed by atoms with van der Waals surface area (Å²) in [5.41, 5.74) is 4.96. The predicted octanol–water partition coefficient (Wildman–Crippen LogP) is 5.58. The van der Waals surface area contributed by atoms with Crippen LogP contribution in [0.25, 0.3) is 5.57 Å². The molecule has 6 rings (SSSR count). The van der Waals surface area contributed by atoms with E-state index in [4.69, 9.17) is 9.47 Å². The maximum Gasteiger partial charge on any atom is 0.737 e. The van der Waals surface area contributed by atoms with E-state index >= 15 is 8.63 Å². The predicted molar refractivity (Wildman–Crippen MR) is 173 cm³/mol. The van der Waals surface area contributed by atoms with Crippen LogP contribution >= 0.6 is 0 Å². The van der Waals surface area contributed by atoms with E-state index in [9.17, 15) is 27.8 Å². The fourth-order valence-corrected chi connectivity index (χ4v) is 7.03. The molecule has 0 saturated carbocycles. The molecule has 3 aliphatic rings. The molecule has 1 saturated heterocycles. The number of allylic oxidation sites excluding steroid dienone is 3. The number of hydrogen-bond acceptors (Lipinski definition) is 7. The molecule has 17 heteroatoms. The van der Waals surface area contributed by atoms with E-state index in [-0.39, 0.29) is 12.2 Å². The normalized spacial score (nSPS) is 25.2. The van der Waals surface area contributed by atoms with E-state index in [1.54, 1.807) is 38.3 Å². The second-order valence-electron chi connectivity index (χ2n) is 12.9. The van der Waals surface area contributed by atoms with Crippen molar-refractivity contribution in [2.75, 3.05) is 0 Å². The molecule has 0 unspecified atom stereocenters. The van der Waals surface area contributed by atoms with Gasteiger partial charge in [0.25, 0.3) is 5.90 Å². The first-order valence-corrected chi connectivity index (χ1v) is 16.3. The summed E-state index contributed by atoms with van der Waals surface area (Å²) in [5, 5.41) is 28.9. The Morgan fingerprint density at radius 1 is 1.06 bits per heavy atom. The lowest BCUT2D eigenvalue weighted by Crippen LogP contribution is -2.58. The summed E-state index contributed by atoms with van der Waals surface area (Å²) < 4.78 is 102. The zero-order valence-electron chi connectivity index (χ0n) is 27.8. The Morgan fingerprint density at radius 3 is 2.46 bits per heavy atom. The molecular formula is C33H37BF6N6O4. The van der Waals surface area contributed by atoms with Gasteiger partial charge in [0, 0.05) is 36.0 Å². The van der Waals surface area contributed by atoms with Gasteiger partial charge in [-0.25, -0.2) is 14.1 Å². The van der Waals surface area contributed by atoms with Gasteiger partial charge >= 0.3 is 13.1 Å². The number of hydrogen-bond donors (Lipinski definition) is 2. The quantitative estimate of drug-likeness (QED) is 0.0989. The first kappa shape index (κ1) is 35.6. The summed E-state index contributed by atoms with van der Waals surface area (Å²) in [5.74, 6) is -1.78. The topological polar surface area (TPSA) is 110 Å². The Kier molecular flexibility index (Phi) is 9.60. The molecule has 5 heterocycles. The minimum Gasteiger partial charge on any atom is -0.441 e. The van der Waals surface area contributed by atoms with Gasteiger partial charge in [-0.3, -0.25) is 0 Å². The molecule has 3 aromatic rings. The number of benzene rings is 1. The maximum absolute atomic E-state index is 15.8. The van der Waals surface area contributed by atoms with Crippen molar-refractivity contribution in [3.05, 3.63) is 82.6 Å². The molecule has 50 heavy (non-hydrogen) atoms. The lowest BCUT2D eigenvalue weighted by Gasteiger charge is -2.39. The van der Waals surface area contributed by atoms with Gasteiger partial charge in [-0.05, 0) is 75.9 Å². The Balaban J connectivity index is 1.11. The van der Waals surface area contributed by atoms with Crippen LogP contribution < -0.4 is 0 Å². The molecule has 3 aliphatic heterocycles. The monoisotopic (exact) mass is 706 g/mol. The van der Waals surface area contributed by atoms with Gasteiger partial charge in [0.2, 0.25) is 6.29 Å². The van der Waals surface area contributed by atoms with Crippen LogP contribution in [0.3, 0.4) is 0 Å². The standard InChI is InChI=1S/C33H37BF6N6O4/c1-18-14-20(3)45-27(18)24(28-19(2)15-21(4)46(28)34(45,39)40)13-9-8-12-23-16-44(43-42-23)17-25-29(47)30(48)26(35)31(49-25)50-32(33(36,37)38)41-22-10-6-5-7-11-22/h5-7,10-11,14-16,25-26,29-31,47-48H,8-9,12-13,17H2,1-4H3/t25-,26-,29-,30-,31+/m1/s1. The Labute approximate surface area is 284 Å². The van der Waals surface area contributed by atoms with Gasteiger partial charge < -0.3 is 37.3 Å². The van der Waals surface area contributed by atoms with Crippen LogP contribution in [-0.2, 0) is 22.4 Å². The van der Waals surface area contributed by atoms with Gasteiger partial charge in [-0.2, -0.15) is 13.2 Å². The summed E-state index contributed by atoms with van der Waals surface area (Å²) in [4.78, 5) is 3.43. The van der Waals surface area contributed by atoms with Crippen molar-refractivity contribution < 1.29 is 50.4 Å². The minimum absolute atomic E-state index is 0.0995. The van der Waals surface area contributed by atoms with Crippen molar-refractivity contribution in [1.82, 2.24) is 19.5 Å². The van der Waals surface area contributed by atoms with Crippen molar-refractivity contribution in [1.29, 1.82) is 0 Å². The van der Waals surface area contributed by atoms with Crippen LogP contribution in [0.5, 0.6) is 0 Å². The van der Waals surface area contributed by atoms with E-state index in [1.807, 2.05) is 13.8 Å². The third-order valence-corrected chi connectivity index (χ3v) is 9.18. The average Bonchev–Trinajstić information content (AvgIpc) is 3.72. The Hall–Kier alpha value is -4.22. The molecule has 5 atom stereocenters. The Morgan fingerprint density at radius 2 is 1.76 bits per heavy atom. The molecule has 0 spiro atoms. The van der Waals surface area contributed by atoms with Gasteiger partial charge in [-0.1, -0.05) is 23.4 Å². The number of nitrogens with zero attached hydrogens (tertiary/aromatic N) is 6. The third kappa shape index (κ3) is 6.65. The van der Waals surface area contributed by atoms with Crippen LogP contribution in [0.15, 0.2) is 64.9 Å². The summed E-state index contributed by atoms with van der Waals surface area (Å²) in [7, 11) is 0. The molecule has 2 N–H and O–H groups in total. The van der Waals surface area contributed by atoms with Crippen LogP contribution in [0, 0.1) is 13.8 Å². The number of aliphatic imine (C=N–C) groups is 1. The molecule has 2 aromatic heterocycles. The van der Waals surface area contributed by atoms with Gasteiger partial charge in [0.1, 0.15) is 24.0 Å². The molecule has 268 valence electrons. The molecule has 0 aliphatic carbocycles. The highest BCUT2D eigenvalue weighted by Gasteiger charge is 2.55. The lowest BCUT2D eigenvalue weighted by atomic mass is 9.84. The average molecular weight is 706 g/mol. The van der Waals surface area contributed by atoms with Gasteiger partial charge in [-0.15, -0.1) is 5.10 Å². The number of aromatic nitrogens is 4. The van der Waals surface area contributed by atoms with E-state index < -0.39 is 49.8 Å². The maximum atomic E-state index is 15.8. The summed E-state index contributed by atoms with van der Waals surface area (Å²) >= 11 is 0. The zero-order chi connectivity index (χ0) is 36.1. The number of halogens is 6. The van der Waals surface area contributed by atoms with Crippen molar-refractivity contribution in [3.8, 4) is 0 Å². The number of unbranched alkanes of at least 4 members (excludes halogenated alkanes) is 1. The fourth-order valence-electron chi connectivity index (χ4n) is 7.03. The smallest absolute Gasteiger partial charge is 0.441 e. The van der Waals surface area contributed by atoms with Gasteiger partial charge in [0.15, 0.2) is 11.9 Å². The van der Waals surface area contributed by atoms with E-state index in [1.165, 1.54) is 28.9 Å². The van der Waals surface area contributed by atoms with Crippen molar-refractivity contribution in [2.45, 2.75) is 96.9 Å². The zero-order valence-corrected chi connectivity index (χ0v) is 27.8. The molecule has 0 bridgehead atoms. The van der Waals surface area contributed by atoms with Crippen molar-refractivity contribution >= 4 is 29.8 Å². The summed E-state index contributed by atoms with van der Waals surface area (Å²) in [6, 6.07) is 8.87. The first-order valence-electron chi connectivity index (χ1n) is 16.3. The van der Waals surface area contributed by atoms with Crippen LogP contribution in [-0.4, -0.2) is 89.7 Å². The van der Waals surface area contributed by atoms with Gasteiger partial charge in [0.05, 0.1) is 17.9 Å². The highest BCUT2D eigenvalue weighted by atomic mass is 19.4. The Bertz CT molecular complexity index is 1890. The second kappa shape index (κ2) is 13.5. The number of alkyl halides is 4. The fraction of sp³-hybridized carbons (Fsp3) is 0.455. The van der Waals surface area contributed by atoms with Crippen LogP contribution in [0.2, 0.25) is 0 Å². The number of aliphatic hydroxyl groups excluding tert-OH is 2. The SMILES string of the molecule is CC1=CC(C)=[N+]2C1=C(CCCCc1cn(C[C@H]3O[C@@H](OC(=Nc4ccccc4)C(F)(F)F)[C@H](F)[C@@H](O)[C@@H]3O)nn1)c1c(C)cc(C)n1[B-]2(F)F. The number of para-hydroxylation sites is 1.